The molecule has 38 heavy (non-hydrogen) atoms. The normalized spacial score (nSPS) is 15.1. The predicted molar refractivity (Wildman–Crippen MR) is 141 cm³/mol. The lowest BCUT2D eigenvalue weighted by Gasteiger charge is -2.15. The highest BCUT2D eigenvalue weighted by atomic mass is 16.5. The third kappa shape index (κ3) is 4.66. The Morgan fingerprint density at radius 3 is 2.95 bits per heavy atom. The second kappa shape index (κ2) is 9.73. The average molecular weight is 509 g/mol. The highest BCUT2D eigenvalue weighted by Crippen LogP contribution is 2.30. The maximum Gasteiger partial charge on any atom is 0.246 e. The second-order valence-electron chi connectivity index (χ2n) is 8.90. The highest BCUT2D eigenvalue weighted by Gasteiger charge is 2.25. The van der Waals surface area contributed by atoms with Gasteiger partial charge in [-0.05, 0) is 49.2 Å². The van der Waals surface area contributed by atoms with Crippen LogP contribution in [0.2, 0.25) is 0 Å². The van der Waals surface area contributed by atoms with Crippen molar-refractivity contribution in [2.75, 3.05) is 23.7 Å². The van der Waals surface area contributed by atoms with E-state index < -0.39 is 0 Å². The number of likely N-dealkylation sites (tertiary alicyclic amines) is 1. The van der Waals surface area contributed by atoms with Gasteiger partial charge < -0.3 is 20.3 Å². The first-order valence-electron chi connectivity index (χ1n) is 12.1. The van der Waals surface area contributed by atoms with Gasteiger partial charge in [-0.15, -0.1) is 0 Å². The van der Waals surface area contributed by atoms with Gasteiger partial charge in [-0.3, -0.25) is 4.79 Å². The number of carbonyl (C=O) groups excluding carboxylic acids is 1. The van der Waals surface area contributed by atoms with Crippen molar-refractivity contribution in [2.45, 2.75) is 19.4 Å². The van der Waals surface area contributed by atoms with Crippen molar-refractivity contribution in [3.63, 3.8) is 0 Å². The van der Waals surface area contributed by atoms with E-state index in [1.54, 1.807) is 21.8 Å². The molecule has 0 aliphatic carbocycles. The SMILES string of the molecule is C=CC(=O)N1CC[C@@H](Nc2ncc3ncnc(Nc4ccc(Oc5ccn6ncnc6c5)c(C)c4)c3n2)C1. The van der Waals surface area contributed by atoms with Gasteiger partial charge in [0, 0.05) is 37.1 Å². The molecule has 0 unspecified atom stereocenters. The predicted octanol–water partition coefficient (Wildman–Crippen LogP) is 3.51. The summed E-state index contributed by atoms with van der Waals surface area (Å²) < 4.78 is 7.75. The Labute approximate surface area is 217 Å². The van der Waals surface area contributed by atoms with Crippen molar-refractivity contribution < 1.29 is 9.53 Å². The third-order valence-electron chi connectivity index (χ3n) is 6.30. The zero-order valence-corrected chi connectivity index (χ0v) is 20.6. The van der Waals surface area contributed by atoms with E-state index in [0.29, 0.717) is 47.3 Å². The third-order valence-corrected chi connectivity index (χ3v) is 6.30. The van der Waals surface area contributed by atoms with Crippen LogP contribution in [0.3, 0.4) is 0 Å². The number of pyridine rings is 1. The number of aryl methyl sites for hydroxylation is 1. The van der Waals surface area contributed by atoms with Crippen LogP contribution in [0.25, 0.3) is 16.7 Å². The van der Waals surface area contributed by atoms with Crippen LogP contribution >= 0.6 is 0 Å². The molecule has 1 aromatic carbocycles. The number of fused-ring (bicyclic) bond motifs is 2. The lowest BCUT2D eigenvalue weighted by atomic mass is 10.2. The number of nitrogens with zero attached hydrogens (tertiary/aromatic N) is 8. The number of anilines is 3. The lowest BCUT2D eigenvalue weighted by molar-refractivity contribution is -0.125. The van der Waals surface area contributed by atoms with Gasteiger partial charge in [0.1, 0.15) is 35.2 Å². The number of benzene rings is 1. The van der Waals surface area contributed by atoms with Crippen LogP contribution in [0.4, 0.5) is 17.5 Å². The van der Waals surface area contributed by atoms with Gasteiger partial charge in [0.05, 0.1) is 6.20 Å². The zero-order valence-electron chi connectivity index (χ0n) is 20.6. The molecule has 1 saturated heterocycles. The van der Waals surface area contributed by atoms with Crippen LogP contribution in [0.1, 0.15) is 12.0 Å². The molecule has 5 heterocycles. The van der Waals surface area contributed by atoms with E-state index in [-0.39, 0.29) is 11.9 Å². The fraction of sp³-hybridized carbons (Fsp3) is 0.192. The average Bonchev–Trinajstić information content (AvgIpc) is 3.59. The Balaban J connectivity index is 1.19. The molecule has 12 heteroatoms. The van der Waals surface area contributed by atoms with Gasteiger partial charge in [0.15, 0.2) is 11.5 Å². The van der Waals surface area contributed by atoms with Crippen molar-refractivity contribution in [1.82, 2.24) is 39.4 Å². The van der Waals surface area contributed by atoms with E-state index >= 15 is 0 Å². The van der Waals surface area contributed by atoms with Crippen molar-refractivity contribution in [2.24, 2.45) is 0 Å². The minimum atomic E-state index is -0.0725. The van der Waals surface area contributed by atoms with E-state index in [0.717, 1.165) is 23.4 Å². The minimum Gasteiger partial charge on any atom is -0.457 e. The molecule has 1 atom stereocenters. The molecular weight excluding hydrogens is 484 g/mol. The van der Waals surface area contributed by atoms with E-state index in [1.165, 1.54) is 18.7 Å². The number of amides is 1. The summed E-state index contributed by atoms with van der Waals surface area (Å²) in [5.41, 5.74) is 3.67. The molecule has 0 radical (unpaired) electrons. The van der Waals surface area contributed by atoms with Gasteiger partial charge in [-0.2, -0.15) is 5.10 Å². The van der Waals surface area contributed by atoms with Crippen LogP contribution < -0.4 is 15.4 Å². The second-order valence-corrected chi connectivity index (χ2v) is 8.90. The summed E-state index contributed by atoms with van der Waals surface area (Å²) in [7, 11) is 0. The molecule has 12 nitrogen and oxygen atoms in total. The molecule has 0 spiro atoms. The summed E-state index contributed by atoms with van der Waals surface area (Å²) in [6, 6.07) is 9.51. The Morgan fingerprint density at radius 2 is 2.08 bits per heavy atom. The van der Waals surface area contributed by atoms with Gasteiger partial charge in [-0.1, -0.05) is 6.58 Å². The van der Waals surface area contributed by atoms with Crippen molar-refractivity contribution in [3.8, 4) is 11.5 Å². The topological polar surface area (TPSA) is 135 Å². The molecule has 1 amide bonds. The highest BCUT2D eigenvalue weighted by molar-refractivity contribution is 5.88. The first kappa shape index (κ1) is 23.3. The minimum absolute atomic E-state index is 0.0537. The Hall–Kier alpha value is -5.13. The van der Waals surface area contributed by atoms with Gasteiger partial charge in [0.2, 0.25) is 11.9 Å². The molecule has 0 saturated carbocycles. The molecule has 1 aliphatic heterocycles. The fourth-order valence-corrected chi connectivity index (χ4v) is 4.37. The summed E-state index contributed by atoms with van der Waals surface area (Å²) >= 11 is 0. The largest absolute Gasteiger partial charge is 0.457 e. The fourth-order valence-electron chi connectivity index (χ4n) is 4.37. The van der Waals surface area contributed by atoms with Gasteiger partial charge in [0.25, 0.3) is 0 Å². The van der Waals surface area contributed by atoms with Crippen LogP contribution in [-0.2, 0) is 4.79 Å². The van der Waals surface area contributed by atoms with Crippen molar-refractivity contribution in [1.29, 1.82) is 0 Å². The molecule has 1 fully saturated rings. The van der Waals surface area contributed by atoms with E-state index in [4.69, 9.17) is 4.74 Å². The van der Waals surface area contributed by atoms with Crippen LogP contribution in [0.5, 0.6) is 11.5 Å². The molecular formula is C26H24N10O2. The number of aromatic nitrogens is 7. The monoisotopic (exact) mass is 508 g/mol. The smallest absolute Gasteiger partial charge is 0.246 e. The standard InChI is InChI=1S/C26H24N10O2/c1-3-23(37)35-8-6-18(13-35)33-26-27-12-20-24(34-26)25(30-14-28-20)32-17-4-5-21(16(2)10-17)38-19-7-9-36-22(11-19)29-15-31-36/h3-5,7,9-12,14-15,18H,1,6,8,13H2,2H3,(H,27,33,34)(H,28,30,32)/t18-/m1/s1. The summed E-state index contributed by atoms with van der Waals surface area (Å²) in [5, 5.41) is 10.8. The number of carbonyl (C=O) groups is 1. The number of ether oxygens (including phenoxy) is 1. The van der Waals surface area contributed by atoms with E-state index in [1.807, 2.05) is 37.3 Å². The Kier molecular flexibility index (Phi) is 5.96. The van der Waals surface area contributed by atoms with E-state index in [2.05, 4.69) is 47.2 Å². The first-order chi connectivity index (χ1) is 18.6. The molecule has 1 aliphatic rings. The number of hydrogen-bond acceptors (Lipinski definition) is 10. The van der Waals surface area contributed by atoms with Gasteiger partial charge >= 0.3 is 0 Å². The molecule has 0 bridgehead atoms. The molecule has 4 aromatic heterocycles. The molecule has 190 valence electrons. The maximum atomic E-state index is 11.9. The van der Waals surface area contributed by atoms with Crippen molar-refractivity contribution in [3.05, 3.63) is 73.6 Å². The summed E-state index contributed by atoms with van der Waals surface area (Å²) in [6.45, 7) is 6.77. The molecule has 6 rings (SSSR count). The Bertz CT molecular complexity index is 1670. The summed E-state index contributed by atoms with van der Waals surface area (Å²) in [4.78, 5) is 35.6. The Morgan fingerprint density at radius 1 is 1.16 bits per heavy atom. The zero-order chi connectivity index (χ0) is 26.1. The number of nitrogens with one attached hydrogen (secondary N) is 2. The summed E-state index contributed by atoms with van der Waals surface area (Å²) in [5.74, 6) is 2.34. The summed E-state index contributed by atoms with van der Waals surface area (Å²) in [6.07, 6.45) is 8.58. The van der Waals surface area contributed by atoms with E-state index in [9.17, 15) is 4.79 Å². The number of rotatable bonds is 7. The first-order valence-corrected chi connectivity index (χ1v) is 12.1. The van der Waals surface area contributed by atoms with Crippen LogP contribution in [0.15, 0.2) is 68.0 Å². The number of hydrogen-bond donors (Lipinski definition) is 2. The molecule has 5 aromatic rings. The van der Waals surface area contributed by atoms with Crippen molar-refractivity contribution >= 4 is 40.0 Å². The lowest BCUT2D eigenvalue weighted by Crippen LogP contribution is -2.30. The maximum absolute atomic E-state index is 11.9. The van der Waals surface area contributed by atoms with Crippen LogP contribution in [-0.4, -0.2) is 64.5 Å². The van der Waals surface area contributed by atoms with Gasteiger partial charge in [-0.25, -0.2) is 29.4 Å². The molecule has 2 N–H and O–H groups in total. The van der Waals surface area contributed by atoms with Crippen LogP contribution in [0, 0.1) is 6.92 Å². The quantitative estimate of drug-likeness (QED) is 0.314.